The molecule has 3 aliphatic rings. The Labute approximate surface area is 207 Å². The largest absolute Gasteiger partial charge is 0.361 e. The number of aromatic nitrogens is 1. The monoisotopic (exact) mass is 498 g/mol. The molecule has 1 N–H and O–H groups in total. The van der Waals surface area contributed by atoms with Gasteiger partial charge in [-0.15, -0.1) is 0 Å². The SMILES string of the molecule is Cc1[nH]c(C)c(S(=O)(=O)N2CCC(C(=O)N3CCc4ccccc43)CC2)c1C(=O)N1CCCCC1. The van der Waals surface area contributed by atoms with Gasteiger partial charge in [0.1, 0.15) is 4.90 Å². The van der Waals surface area contributed by atoms with Gasteiger partial charge in [0.05, 0.1) is 5.56 Å². The zero-order valence-electron chi connectivity index (χ0n) is 20.5. The molecular formula is C26H34N4O4S. The van der Waals surface area contributed by atoms with Crippen LogP contribution in [-0.4, -0.2) is 67.1 Å². The first-order valence-corrected chi connectivity index (χ1v) is 14.1. The Hall–Kier alpha value is -2.65. The van der Waals surface area contributed by atoms with Crippen LogP contribution in [0.1, 0.15) is 59.4 Å². The summed E-state index contributed by atoms with van der Waals surface area (Å²) in [4.78, 5) is 33.5. The summed E-state index contributed by atoms with van der Waals surface area (Å²) < 4.78 is 29.0. The maximum atomic E-state index is 13.8. The molecule has 2 aromatic rings. The number of rotatable bonds is 4. The summed E-state index contributed by atoms with van der Waals surface area (Å²) in [6, 6.07) is 7.98. The molecule has 5 rings (SSSR count). The number of H-pyrrole nitrogens is 1. The molecule has 0 aliphatic carbocycles. The third-order valence-corrected chi connectivity index (χ3v) is 9.80. The van der Waals surface area contributed by atoms with Gasteiger partial charge in [-0.25, -0.2) is 8.42 Å². The van der Waals surface area contributed by atoms with Gasteiger partial charge in [0.25, 0.3) is 5.91 Å². The van der Waals surface area contributed by atoms with Gasteiger partial charge < -0.3 is 14.8 Å². The van der Waals surface area contributed by atoms with Crippen LogP contribution in [-0.2, 0) is 21.2 Å². The Morgan fingerprint density at radius 3 is 2.31 bits per heavy atom. The summed E-state index contributed by atoms with van der Waals surface area (Å²) in [5, 5.41) is 0. The van der Waals surface area contributed by atoms with Gasteiger partial charge in [-0.3, -0.25) is 9.59 Å². The summed E-state index contributed by atoms with van der Waals surface area (Å²) in [6.07, 6.45) is 4.80. The highest BCUT2D eigenvalue weighted by molar-refractivity contribution is 7.89. The molecule has 1 aromatic carbocycles. The van der Waals surface area contributed by atoms with E-state index in [-0.39, 0.29) is 41.3 Å². The summed E-state index contributed by atoms with van der Waals surface area (Å²) >= 11 is 0. The third-order valence-electron chi connectivity index (χ3n) is 7.73. The molecule has 0 saturated carbocycles. The van der Waals surface area contributed by atoms with E-state index in [4.69, 9.17) is 0 Å². The average Bonchev–Trinajstić information content (AvgIpc) is 3.44. The van der Waals surface area contributed by atoms with E-state index in [1.807, 2.05) is 23.1 Å². The molecule has 1 aromatic heterocycles. The highest BCUT2D eigenvalue weighted by atomic mass is 32.2. The van der Waals surface area contributed by atoms with Crippen LogP contribution in [0.4, 0.5) is 5.69 Å². The summed E-state index contributed by atoms with van der Waals surface area (Å²) in [5.74, 6) is -0.319. The van der Waals surface area contributed by atoms with Gasteiger partial charge in [-0.1, -0.05) is 18.2 Å². The van der Waals surface area contributed by atoms with Crippen molar-refractivity contribution in [1.82, 2.24) is 14.2 Å². The van der Waals surface area contributed by atoms with E-state index in [0.717, 1.165) is 31.4 Å². The topological polar surface area (TPSA) is 93.8 Å². The summed E-state index contributed by atoms with van der Waals surface area (Å²) in [6.45, 7) is 6.03. The fourth-order valence-corrected chi connectivity index (χ4v) is 7.74. The molecular weight excluding hydrogens is 464 g/mol. The number of carbonyl (C=O) groups excluding carboxylic acids is 2. The van der Waals surface area contributed by atoms with Gasteiger partial charge in [-0.2, -0.15) is 4.31 Å². The first-order chi connectivity index (χ1) is 16.8. The minimum absolute atomic E-state index is 0.0848. The highest BCUT2D eigenvalue weighted by Crippen LogP contribution is 2.34. The van der Waals surface area contributed by atoms with Crippen molar-refractivity contribution < 1.29 is 18.0 Å². The number of likely N-dealkylation sites (tertiary alicyclic amines) is 1. The standard InChI is InChI=1S/C26H34N4O4S/c1-18-23(26(32)28-13-6-3-7-14-28)24(19(2)27-18)35(33,34)29-15-10-21(11-16-29)25(31)30-17-12-20-8-4-5-9-22(20)30/h4-5,8-9,21,27H,3,6-7,10-17H2,1-2H3. The number of anilines is 1. The number of fused-ring (bicyclic) bond motifs is 1. The summed E-state index contributed by atoms with van der Waals surface area (Å²) in [7, 11) is -3.87. The second kappa shape index (κ2) is 9.43. The number of hydrogen-bond donors (Lipinski definition) is 1. The fourth-order valence-electron chi connectivity index (χ4n) is 5.85. The van der Waals surface area contributed by atoms with Crippen molar-refractivity contribution in [3.05, 3.63) is 46.8 Å². The van der Waals surface area contributed by atoms with Crippen molar-refractivity contribution in [3.63, 3.8) is 0 Å². The van der Waals surface area contributed by atoms with Crippen LogP contribution >= 0.6 is 0 Å². The normalized spacial score (nSPS) is 19.7. The van der Waals surface area contributed by atoms with Crippen molar-refractivity contribution in [3.8, 4) is 0 Å². The number of sulfonamides is 1. The Bertz CT molecular complexity index is 1240. The molecule has 2 saturated heterocycles. The van der Waals surface area contributed by atoms with E-state index in [0.29, 0.717) is 43.9 Å². The Kier molecular flexibility index (Phi) is 6.48. The van der Waals surface area contributed by atoms with Gasteiger partial charge in [0, 0.05) is 55.7 Å². The molecule has 2 amide bonds. The van der Waals surface area contributed by atoms with E-state index in [1.54, 1.807) is 18.7 Å². The van der Waals surface area contributed by atoms with Gasteiger partial charge >= 0.3 is 0 Å². The lowest BCUT2D eigenvalue weighted by molar-refractivity contribution is -0.123. The smallest absolute Gasteiger partial charge is 0.257 e. The van der Waals surface area contributed by atoms with Crippen LogP contribution in [0, 0.1) is 19.8 Å². The molecule has 2 fully saturated rings. The lowest BCUT2D eigenvalue weighted by Gasteiger charge is -2.33. The van der Waals surface area contributed by atoms with Crippen LogP contribution in [0.5, 0.6) is 0 Å². The van der Waals surface area contributed by atoms with Crippen molar-refractivity contribution >= 4 is 27.5 Å². The van der Waals surface area contributed by atoms with E-state index >= 15 is 0 Å². The zero-order chi connectivity index (χ0) is 24.7. The molecule has 0 unspecified atom stereocenters. The number of nitrogens with one attached hydrogen (secondary N) is 1. The van der Waals surface area contributed by atoms with Crippen LogP contribution in [0.2, 0.25) is 0 Å². The second-order valence-corrected chi connectivity index (χ2v) is 11.9. The van der Waals surface area contributed by atoms with E-state index < -0.39 is 10.0 Å². The maximum Gasteiger partial charge on any atom is 0.257 e. The first kappa shape index (κ1) is 24.1. The molecule has 0 radical (unpaired) electrons. The number of nitrogens with zero attached hydrogens (tertiary/aromatic N) is 3. The molecule has 188 valence electrons. The van der Waals surface area contributed by atoms with Crippen LogP contribution < -0.4 is 4.90 Å². The Morgan fingerprint density at radius 2 is 1.60 bits per heavy atom. The van der Waals surface area contributed by atoms with E-state index in [1.165, 1.54) is 9.87 Å². The quantitative estimate of drug-likeness (QED) is 0.700. The number of para-hydroxylation sites is 1. The predicted molar refractivity (Wildman–Crippen MR) is 134 cm³/mol. The molecule has 35 heavy (non-hydrogen) atoms. The van der Waals surface area contributed by atoms with Crippen molar-refractivity contribution in [2.45, 2.75) is 57.3 Å². The molecule has 3 aliphatic heterocycles. The van der Waals surface area contributed by atoms with Crippen LogP contribution in [0.15, 0.2) is 29.2 Å². The van der Waals surface area contributed by atoms with Crippen molar-refractivity contribution in [1.29, 1.82) is 0 Å². The molecule has 0 atom stereocenters. The molecule has 4 heterocycles. The molecule has 0 bridgehead atoms. The average molecular weight is 499 g/mol. The van der Waals surface area contributed by atoms with E-state index in [9.17, 15) is 18.0 Å². The first-order valence-electron chi connectivity index (χ1n) is 12.7. The number of hydrogen-bond acceptors (Lipinski definition) is 4. The number of carbonyl (C=O) groups is 2. The third kappa shape index (κ3) is 4.29. The fraction of sp³-hybridized carbons (Fsp3) is 0.538. The minimum atomic E-state index is -3.87. The van der Waals surface area contributed by atoms with Gasteiger partial charge in [0.2, 0.25) is 15.9 Å². The molecule has 9 heteroatoms. The lowest BCUT2D eigenvalue weighted by atomic mass is 9.96. The number of benzene rings is 1. The Balaban J connectivity index is 1.32. The Morgan fingerprint density at radius 1 is 0.914 bits per heavy atom. The van der Waals surface area contributed by atoms with Gasteiger partial charge in [-0.05, 0) is 64.0 Å². The second-order valence-electron chi connectivity index (χ2n) is 9.98. The zero-order valence-corrected chi connectivity index (χ0v) is 21.4. The predicted octanol–water partition coefficient (Wildman–Crippen LogP) is 3.25. The summed E-state index contributed by atoms with van der Waals surface area (Å²) in [5.41, 5.74) is 3.53. The van der Waals surface area contributed by atoms with E-state index in [2.05, 4.69) is 11.1 Å². The maximum absolute atomic E-state index is 13.8. The number of piperidine rings is 2. The van der Waals surface area contributed by atoms with Crippen LogP contribution in [0.25, 0.3) is 0 Å². The lowest BCUT2D eigenvalue weighted by Crippen LogP contribution is -2.44. The molecule has 0 spiro atoms. The number of aryl methyl sites for hydroxylation is 2. The van der Waals surface area contributed by atoms with Gasteiger partial charge in [0.15, 0.2) is 0 Å². The van der Waals surface area contributed by atoms with Crippen molar-refractivity contribution in [2.75, 3.05) is 37.6 Å². The number of aromatic amines is 1. The minimum Gasteiger partial charge on any atom is -0.361 e. The highest BCUT2D eigenvalue weighted by Gasteiger charge is 2.39. The van der Waals surface area contributed by atoms with Crippen molar-refractivity contribution in [2.24, 2.45) is 5.92 Å². The molecule has 8 nitrogen and oxygen atoms in total. The number of amides is 2. The van der Waals surface area contributed by atoms with Crippen LogP contribution in [0.3, 0.4) is 0 Å².